The molecule has 0 aliphatic heterocycles. The van der Waals surface area contributed by atoms with Crippen LogP contribution in [0.5, 0.6) is 11.8 Å². The van der Waals surface area contributed by atoms with Crippen molar-refractivity contribution in [2.24, 2.45) is 0 Å². The van der Waals surface area contributed by atoms with E-state index in [1.165, 1.54) is 12.5 Å². The number of H-pyrrole nitrogens is 1. The van der Waals surface area contributed by atoms with Crippen LogP contribution in [0.3, 0.4) is 0 Å². The van der Waals surface area contributed by atoms with E-state index in [0.717, 1.165) is 12.1 Å². The van der Waals surface area contributed by atoms with E-state index in [1.807, 2.05) is 0 Å². The van der Waals surface area contributed by atoms with Gasteiger partial charge in [-0.1, -0.05) is 0 Å². The van der Waals surface area contributed by atoms with Gasteiger partial charge in [0.05, 0.1) is 24.0 Å². The zero-order valence-corrected chi connectivity index (χ0v) is 14.6. The molecule has 28 heavy (non-hydrogen) atoms. The van der Waals surface area contributed by atoms with E-state index >= 15 is 0 Å². The summed E-state index contributed by atoms with van der Waals surface area (Å²) in [5.41, 5.74) is 1.57. The number of anilines is 1. The van der Waals surface area contributed by atoms with Gasteiger partial charge < -0.3 is 19.6 Å². The largest absolute Gasteiger partial charge is 0.472 e. The Labute approximate surface area is 157 Å². The predicted octanol–water partition coefficient (Wildman–Crippen LogP) is 3.48. The first kappa shape index (κ1) is 17.9. The molecule has 0 radical (unpaired) electrons. The van der Waals surface area contributed by atoms with Crippen molar-refractivity contribution < 1.29 is 23.0 Å². The molecule has 0 bridgehead atoms. The summed E-state index contributed by atoms with van der Waals surface area (Å²) >= 11 is 0. The molecule has 1 atom stereocenters. The monoisotopic (exact) mass is 387 g/mol. The minimum absolute atomic E-state index is 0.173. The maximum Gasteiger partial charge on any atom is 0.326 e. The number of ether oxygens (including phenoxy) is 1. The summed E-state index contributed by atoms with van der Waals surface area (Å²) in [5.74, 6) is -1.50. The second-order valence-electron chi connectivity index (χ2n) is 6.07. The van der Waals surface area contributed by atoms with Crippen LogP contribution in [-0.2, 0) is 0 Å². The molecule has 0 aliphatic carbocycles. The Morgan fingerprint density at radius 1 is 1.29 bits per heavy atom. The van der Waals surface area contributed by atoms with Crippen LogP contribution >= 0.6 is 0 Å². The number of nitrogens with zero attached hydrogens (tertiary/aromatic N) is 3. The first-order chi connectivity index (χ1) is 13.5. The lowest BCUT2D eigenvalue weighted by molar-refractivity contribution is 0.208. The molecule has 0 aliphatic rings. The zero-order valence-electron chi connectivity index (χ0n) is 14.6. The Bertz CT molecular complexity index is 1110. The normalized spacial score (nSPS) is 12.3. The number of nitrogens with one attached hydrogen (secondary N) is 2. The van der Waals surface area contributed by atoms with Crippen molar-refractivity contribution in [3.8, 4) is 23.0 Å². The molecule has 3 heterocycles. The van der Waals surface area contributed by atoms with Gasteiger partial charge in [0.25, 0.3) is 0 Å². The van der Waals surface area contributed by atoms with Crippen LogP contribution in [0.25, 0.3) is 22.3 Å². The van der Waals surface area contributed by atoms with Crippen LogP contribution in [-0.4, -0.2) is 37.9 Å². The van der Waals surface area contributed by atoms with E-state index in [9.17, 15) is 13.9 Å². The Morgan fingerprint density at radius 3 is 2.86 bits per heavy atom. The Balaban J connectivity index is 1.78. The van der Waals surface area contributed by atoms with Crippen LogP contribution < -0.4 is 10.1 Å². The number of aliphatic hydroxyl groups is 1. The molecule has 4 rings (SSSR count). The van der Waals surface area contributed by atoms with E-state index in [-0.39, 0.29) is 18.3 Å². The van der Waals surface area contributed by atoms with Gasteiger partial charge in [-0.2, -0.15) is 15.1 Å². The number of halogens is 2. The lowest BCUT2D eigenvalue weighted by Crippen LogP contribution is -2.16. The van der Waals surface area contributed by atoms with Gasteiger partial charge in [-0.15, -0.1) is 0 Å². The molecule has 1 aromatic carbocycles. The summed E-state index contributed by atoms with van der Waals surface area (Å²) in [5, 5.41) is 20.2. The fourth-order valence-electron chi connectivity index (χ4n) is 2.59. The van der Waals surface area contributed by atoms with Gasteiger partial charge in [0.2, 0.25) is 0 Å². The molecule has 0 saturated heterocycles. The highest BCUT2D eigenvalue weighted by atomic mass is 19.1. The summed E-state index contributed by atoms with van der Waals surface area (Å²) in [6.45, 7) is 1.81. The third-order valence-corrected chi connectivity index (χ3v) is 3.85. The van der Waals surface area contributed by atoms with Crippen molar-refractivity contribution in [3.05, 3.63) is 48.4 Å². The number of aromatic amines is 1. The van der Waals surface area contributed by atoms with E-state index in [1.54, 1.807) is 13.0 Å². The molecule has 144 valence electrons. The molecule has 0 spiro atoms. The predicted molar refractivity (Wildman–Crippen MR) is 96.0 cm³/mol. The molecule has 0 unspecified atom stereocenters. The average Bonchev–Trinajstić information content (AvgIpc) is 3.31. The molecular weight excluding hydrogens is 372 g/mol. The SMILES string of the molecule is C[C@H](O)CNc1nc(Oc2ccc(F)cc2F)nc2[nH]nc(-c3ccoc3)c12. The number of aliphatic hydroxyl groups excluding tert-OH is 1. The fourth-order valence-corrected chi connectivity index (χ4v) is 2.59. The molecule has 4 aromatic rings. The van der Waals surface area contributed by atoms with Crippen molar-refractivity contribution in [1.29, 1.82) is 0 Å². The van der Waals surface area contributed by atoms with E-state index in [0.29, 0.717) is 34.2 Å². The second kappa shape index (κ2) is 7.24. The Kier molecular flexibility index (Phi) is 4.62. The van der Waals surface area contributed by atoms with Crippen molar-refractivity contribution in [2.75, 3.05) is 11.9 Å². The van der Waals surface area contributed by atoms with Gasteiger partial charge in [-0.05, 0) is 25.1 Å². The molecule has 0 fully saturated rings. The van der Waals surface area contributed by atoms with Gasteiger partial charge in [0.1, 0.15) is 17.3 Å². The van der Waals surface area contributed by atoms with Crippen LogP contribution in [0.2, 0.25) is 0 Å². The molecule has 3 aromatic heterocycles. The third-order valence-electron chi connectivity index (χ3n) is 3.85. The van der Waals surface area contributed by atoms with E-state index in [2.05, 4.69) is 25.5 Å². The zero-order chi connectivity index (χ0) is 19.7. The van der Waals surface area contributed by atoms with Crippen LogP contribution in [0.1, 0.15) is 6.92 Å². The molecule has 0 amide bonds. The summed E-state index contributed by atoms with van der Waals surface area (Å²) < 4.78 is 37.5. The first-order valence-corrected chi connectivity index (χ1v) is 8.35. The molecule has 3 N–H and O–H groups in total. The van der Waals surface area contributed by atoms with Crippen molar-refractivity contribution >= 4 is 16.9 Å². The van der Waals surface area contributed by atoms with Gasteiger partial charge >= 0.3 is 6.01 Å². The summed E-state index contributed by atoms with van der Waals surface area (Å²) in [6.07, 6.45) is 2.38. The van der Waals surface area contributed by atoms with Crippen LogP contribution in [0.15, 0.2) is 41.2 Å². The maximum atomic E-state index is 13.9. The maximum absolute atomic E-state index is 13.9. The number of benzene rings is 1. The lowest BCUT2D eigenvalue weighted by Gasteiger charge is -2.11. The van der Waals surface area contributed by atoms with Gasteiger partial charge in [-0.25, -0.2) is 8.78 Å². The van der Waals surface area contributed by atoms with E-state index in [4.69, 9.17) is 9.15 Å². The number of hydrogen-bond acceptors (Lipinski definition) is 7. The first-order valence-electron chi connectivity index (χ1n) is 8.35. The minimum Gasteiger partial charge on any atom is -0.472 e. The third kappa shape index (κ3) is 3.49. The van der Waals surface area contributed by atoms with E-state index < -0.39 is 17.7 Å². The molecular formula is C18H15F2N5O3. The highest BCUT2D eigenvalue weighted by molar-refractivity contribution is 5.98. The van der Waals surface area contributed by atoms with Gasteiger partial charge in [0, 0.05) is 18.2 Å². The highest BCUT2D eigenvalue weighted by Gasteiger charge is 2.19. The Morgan fingerprint density at radius 2 is 2.14 bits per heavy atom. The molecule has 8 nitrogen and oxygen atoms in total. The Hall–Kier alpha value is -3.53. The smallest absolute Gasteiger partial charge is 0.326 e. The quantitative estimate of drug-likeness (QED) is 0.465. The summed E-state index contributed by atoms with van der Waals surface area (Å²) in [4.78, 5) is 8.48. The van der Waals surface area contributed by atoms with Crippen LogP contribution in [0.4, 0.5) is 14.6 Å². The molecule has 0 saturated carbocycles. The molecule has 10 heteroatoms. The standard InChI is InChI=1S/C18H15F2N5O3/c1-9(26)7-21-16-14-15(10-4-5-27-8-10)24-25-17(14)23-18(22-16)28-13-3-2-11(19)6-12(13)20/h2-6,8-9,26H,7H2,1H3,(H2,21,22,23,24,25)/t9-/m0/s1. The fraction of sp³-hybridized carbons (Fsp3) is 0.167. The lowest BCUT2D eigenvalue weighted by atomic mass is 10.2. The summed E-state index contributed by atoms with van der Waals surface area (Å²) in [7, 11) is 0. The number of aromatic nitrogens is 4. The average molecular weight is 387 g/mol. The van der Waals surface area contributed by atoms with Crippen molar-refractivity contribution in [2.45, 2.75) is 13.0 Å². The van der Waals surface area contributed by atoms with Gasteiger partial charge in [0.15, 0.2) is 17.2 Å². The van der Waals surface area contributed by atoms with Crippen LogP contribution in [0, 0.1) is 11.6 Å². The highest BCUT2D eigenvalue weighted by Crippen LogP contribution is 2.33. The van der Waals surface area contributed by atoms with Crippen molar-refractivity contribution in [1.82, 2.24) is 20.2 Å². The number of hydrogen-bond donors (Lipinski definition) is 3. The second-order valence-corrected chi connectivity index (χ2v) is 6.07. The number of fused-ring (bicyclic) bond motifs is 1. The van der Waals surface area contributed by atoms with Crippen molar-refractivity contribution in [3.63, 3.8) is 0 Å². The summed E-state index contributed by atoms with van der Waals surface area (Å²) in [6, 6.07) is 4.47. The minimum atomic E-state index is -0.883. The van der Waals surface area contributed by atoms with Gasteiger partial charge in [-0.3, -0.25) is 5.10 Å². The number of rotatable bonds is 6. The number of furan rings is 1. The topological polar surface area (TPSA) is 109 Å².